The highest BCUT2D eigenvalue weighted by atomic mass is 35.5. The van der Waals surface area contributed by atoms with E-state index in [0.717, 1.165) is 25.3 Å². The Morgan fingerprint density at radius 3 is 2.71 bits per heavy atom. The molecular weight excluding hydrogens is 223 g/mol. The van der Waals surface area contributed by atoms with Crippen LogP contribution < -0.4 is 10.6 Å². The summed E-state index contributed by atoms with van der Waals surface area (Å²) < 4.78 is 0. The van der Waals surface area contributed by atoms with Crippen LogP contribution >= 0.6 is 24.0 Å². The fourth-order valence-electron chi connectivity index (χ4n) is 1.47. The van der Waals surface area contributed by atoms with Gasteiger partial charge in [-0.3, -0.25) is 0 Å². The molecule has 0 radical (unpaired) electrons. The molecular formula is C8H12Cl2N4. The van der Waals surface area contributed by atoms with Crippen molar-refractivity contribution in [1.82, 2.24) is 10.2 Å². The second-order valence-corrected chi connectivity index (χ2v) is 3.60. The Balaban J connectivity index is 0.000000980. The van der Waals surface area contributed by atoms with Gasteiger partial charge in [-0.2, -0.15) is 0 Å². The molecule has 78 valence electrons. The molecule has 2 heterocycles. The van der Waals surface area contributed by atoms with Gasteiger partial charge in [-0.25, -0.2) is 0 Å². The van der Waals surface area contributed by atoms with Crippen LogP contribution in [0.4, 0.5) is 5.82 Å². The van der Waals surface area contributed by atoms with Crippen LogP contribution in [0.2, 0.25) is 5.15 Å². The summed E-state index contributed by atoms with van der Waals surface area (Å²) in [6.45, 7) is 1.81. The van der Waals surface area contributed by atoms with E-state index in [1.54, 1.807) is 6.07 Å². The summed E-state index contributed by atoms with van der Waals surface area (Å²) in [4.78, 5) is 2.12. The number of nitrogens with two attached hydrogens (primary N) is 1. The van der Waals surface area contributed by atoms with Gasteiger partial charge in [0, 0.05) is 19.1 Å². The minimum Gasteiger partial charge on any atom is -0.354 e. The van der Waals surface area contributed by atoms with Crippen molar-refractivity contribution in [3.05, 3.63) is 17.3 Å². The fraction of sp³-hybridized carbons (Fsp3) is 0.500. The zero-order valence-electron chi connectivity index (χ0n) is 7.56. The smallest absolute Gasteiger partial charge is 0.151 e. The third kappa shape index (κ3) is 2.47. The molecule has 14 heavy (non-hydrogen) atoms. The van der Waals surface area contributed by atoms with Gasteiger partial charge in [-0.1, -0.05) is 11.6 Å². The first-order valence-corrected chi connectivity index (χ1v) is 4.63. The standard InChI is InChI=1S/C8H11ClN4.ClH/c9-7-1-2-8(12-11-7)13-4-3-6(10)5-13;/h1-2,6H,3-5,10H2;1H. The maximum Gasteiger partial charge on any atom is 0.151 e. The summed E-state index contributed by atoms with van der Waals surface area (Å²) in [7, 11) is 0. The molecule has 6 heteroatoms. The van der Waals surface area contributed by atoms with Crippen molar-refractivity contribution in [2.45, 2.75) is 12.5 Å². The van der Waals surface area contributed by atoms with E-state index >= 15 is 0 Å². The van der Waals surface area contributed by atoms with E-state index in [2.05, 4.69) is 15.1 Å². The largest absolute Gasteiger partial charge is 0.354 e. The average Bonchev–Trinajstić information content (AvgIpc) is 2.53. The lowest BCUT2D eigenvalue weighted by molar-refractivity contribution is 0.750. The maximum absolute atomic E-state index is 5.78. The highest BCUT2D eigenvalue weighted by Crippen LogP contribution is 2.16. The number of anilines is 1. The van der Waals surface area contributed by atoms with E-state index in [1.165, 1.54) is 0 Å². The summed E-state index contributed by atoms with van der Waals surface area (Å²) in [6, 6.07) is 3.87. The summed E-state index contributed by atoms with van der Waals surface area (Å²) in [6.07, 6.45) is 1.02. The van der Waals surface area contributed by atoms with Crippen molar-refractivity contribution in [2.24, 2.45) is 5.73 Å². The van der Waals surface area contributed by atoms with E-state index in [9.17, 15) is 0 Å². The Morgan fingerprint density at radius 2 is 2.21 bits per heavy atom. The molecule has 1 fully saturated rings. The predicted molar refractivity (Wildman–Crippen MR) is 59.1 cm³/mol. The summed E-state index contributed by atoms with van der Waals surface area (Å²) in [5.41, 5.74) is 5.78. The van der Waals surface area contributed by atoms with Crippen LogP contribution in [-0.2, 0) is 0 Å². The van der Waals surface area contributed by atoms with Crippen molar-refractivity contribution < 1.29 is 0 Å². The van der Waals surface area contributed by atoms with Crippen LogP contribution in [0.15, 0.2) is 12.1 Å². The van der Waals surface area contributed by atoms with Crippen LogP contribution in [-0.4, -0.2) is 29.3 Å². The van der Waals surface area contributed by atoms with Gasteiger partial charge in [0.25, 0.3) is 0 Å². The molecule has 1 unspecified atom stereocenters. The molecule has 0 amide bonds. The molecule has 1 aliphatic heterocycles. The molecule has 0 bridgehead atoms. The highest BCUT2D eigenvalue weighted by Gasteiger charge is 2.20. The quantitative estimate of drug-likeness (QED) is 0.791. The fourth-order valence-corrected chi connectivity index (χ4v) is 1.57. The van der Waals surface area contributed by atoms with E-state index < -0.39 is 0 Å². The molecule has 4 nitrogen and oxygen atoms in total. The molecule has 0 aliphatic carbocycles. The van der Waals surface area contributed by atoms with Gasteiger partial charge in [-0.15, -0.1) is 22.6 Å². The number of aromatic nitrogens is 2. The van der Waals surface area contributed by atoms with Crippen LogP contribution in [0.5, 0.6) is 0 Å². The van der Waals surface area contributed by atoms with E-state index in [0.29, 0.717) is 5.15 Å². The molecule has 0 saturated carbocycles. The number of hydrogen-bond acceptors (Lipinski definition) is 4. The van der Waals surface area contributed by atoms with Crippen molar-refractivity contribution in [1.29, 1.82) is 0 Å². The minimum absolute atomic E-state index is 0. The predicted octanol–water partition coefficient (Wildman–Crippen LogP) is 1.09. The normalized spacial score (nSPS) is 20.7. The Labute approximate surface area is 93.8 Å². The Bertz CT molecular complexity index is 290. The third-order valence-electron chi connectivity index (χ3n) is 2.17. The molecule has 1 aromatic heterocycles. The Kier molecular flexibility index (Phi) is 3.92. The molecule has 0 spiro atoms. The first kappa shape index (κ1) is 11.5. The number of hydrogen-bond donors (Lipinski definition) is 1. The molecule has 1 atom stereocenters. The Morgan fingerprint density at radius 1 is 1.43 bits per heavy atom. The lowest BCUT2D eigenvalue weighted by atomic mass is 10.3. The SMILES string of the molecule is Cl.NC1CCN(c2ccc(Cl)nn2)C1. The van der Waals surface area contributed by atoms with Crippen LogP contribution in [0, 0.1) is 0 Å². The van der Waals surface area contributed by atoms with Crippen molar-refractivity contribution in [3.8, 4) is 0 Å². The number of halogens is 2. The molecule has 0 aromatic carbocycles. The van der Waals surface area contributed by atoms with Gasteiger partial charge in [0.05, 0.1) is 0 Å². The maximum atomic E-state index is 5.78. The molecule has 2 rings (SSSR count). The lowest BCUT2D eigenvalue weighted by Crippen LogP contribution is -2.26. The Hall–Kier alpha value is -0.580. The number of nitrogens with zero attached hydrogens (tertiary/aromatic N) is 3. The minimum atomic E-state index is 0. The second kappa shape index (κ2) is 4.77. The second-order valence-electron chi connectivity index (χ2n) is 3.21. The monoisotopic (exact) mass is 234 g/mol. The molecule has 1 aromatic rings. The van der Waals surface area contributed by atoms with E-state index in [-0.39, 0.29) is 18.4 Å². The van der Waals surface area contributed by atoms with Crippen molar-refractivity contribution >= 4 is 29.8 Å². The number of rotatable bonds is 1. The third-order valence-corrected chi connectivity index (χ3v) is 2.37. The first-order valence-electron chi connectivity index (χ1n) is 4.25. The molecule has 2 N–H and O–H groups in total. The van der Waals surface area contributed by atoms with Gasteiger partial charge in [-0.05, 0) is 18.6 Å². The van der Waals surface area contributed by atoms with Gasteiger partial charge in [0.1, 0.15) is 0 Å². The highest BCUT2D eigenvalue weighted by molar-refractivity contribution is 6.29. The van der Waals surface area contributed by atoms with Crippen LogP contribution in [0.25, 0.3) is 0 Å². The van der Waals surface area contributed by atoms with Crippen LogP contribution in [0.3, 0.4) is 0 Å². The van der Waals surface area contributed by atoms with Gasteiger partial charge >= 0.3 is 0 Å². The van der Waals surface area contributed by atoms with E-state index in [4.69, 9.17) is 17.3 Å². The van der Waals surface area contributed by atoms with Crippen molar-refractivity contribution in [2.75, 3.05) is 18.0 Å². The summed E-state index contributed by atoms with van der Waals surface area (Å²) in [5, 5.41) is 8.19. The van der Waals surface area contributed by atoms with Gasteiger partial charge in [0.15, 0.2) is 11.0 Å². The van der Waals surface area contributed by atoms with Crippen molar-refractivity contribution in [3.63, 3.8) is 0 Å². The zero-order valence-corrected chi connectivity index (χ0v) is 9.13. The van der Waals surface area contributed by atoms with Gasteiger partial charge in [0.2, 0.25) is 0 Å². The average molecular weight is 235 g/mol. The molecule has 1 saturated heterocycles. The summed E-state index contributed by atoms with van der Waals surface area (Å²) >= 11 is 5.63. The van der Waals surface area contributed by atoms with E-state index in [1.807, 2.05) is 6.07 Å². The lowest BCUT2D eigenvalue weighted by Gasteiger charge is -2.15. The first-order chi connectivity index (χ1) is 6.25. The summed E-state index contributed by atoms with van der Waals surface area (Å²) in [5.74, 6) is 0.859. The topological polar surface area (TPSA) is 55.0 Å². The van der Waals surface area contributed by atoms with Crippen LogP contribution in [0.1, 0.15) is 6.42 Å². The molecule has 1 aliphatic rings. The van der Waals surface area contributed by atoms with Gasteiger partial charge < -0.3 is 10.6 Å². The zero-order chi connectivity index (χ0) is 9.26.